The first-order valence-corrected chi connectivity index (χ1v) is 6.43. The lowest BCUT2D eigenvalue weighted by molar-refractivity contribution is 0.0698. The SMILES string of the molecule is CCOCC(C)NC(=O)Nc1c(C)cccc1C(=O)O. The van der Waals surface area contributed by atoms with Crippen molar-refractivity contribution < 1.29 is 19.4 Å². The van der Waals surface area contributed by atoms with E-state index in [-0.39, 0.29) is 11.6 Å². The van der Waals surface area contributed by atoms with Crippen molar-refractivity contribution in [2.24, 2.45) is 0 Å². The van der Waals surface area contributed by atoms with E-state index in [1.165, 1.54) is 6.07 Å². The van der Waals surface area contributed by atoms with E-state index in [4.69, 9.17) is 9.84 Å². The van der Waals surface area contributed by atoms with Gasteiger partial charge < -0.3 is 20.5 Å². The smallest absolute Gasteiger partial charge is 0.337 e. The first kappa shape index (κ1) is 16.0. The molecule has 0 radical (unpaired) electrons. The Balaban J connectivity index is 2.73. The molecular formula is C14H20N2O4. The second-order valence-electron chi connectivity index (χ2n) is 4.46. The van der Waals surface area contributed by atoms with Crippen molar-refractivity contribution in [3.8, 4) is 0 Å². The number of hydrogen-bond acceptors (Lipinski definition) is 3. The van der Waals surface area contributed by atoms with E-state index >= 15 is 0 Å². The van der Waals surface area contributed by atoms with Crippen LogP contribution in [0.25, 0.3) is 0 Å². The van der Waals surface area contributed by atoms with Gasteiger partial charge in [-0.3, -0.25) is 0 Å². The number of para-hydroxylation sites is 1. The maximum atomic E-state index is 11.8. The minimum Gasteiger partial charge on any atom is -0.478 e. The third-order valence-electron chi connectivity index (χ3n) is 2.69. The zero-order chi connectivity index (χ0) is 15.1. The molecule has 3 N–H and O–H groups in total. The molecule has 2 amide bonds. The highest BCUT2D eigenvalue weighted by molar-refractivity contribution is 6.01. The molecule has 0 spiro atoms. The van der Waals surface area contributed by atoms with Gasteiger partial charge in [0.2, 0.25) is 0 Å². The van der Waals surface area contributed by atoms with Crippen molar-refractivity contribution >= 4 is 17.7 Å². The number of carboxylic acids is 1. The van der Waals surface area contributed by atoms with Gasteiger partial charge in [-0.15, -0.1) is 0 Å². The lowest BCUT2D eigenvalue weighted by Gasteiger charge is -2.16. The van der Waals surface area contributed by atoms with Gasteiger partial charge in [0.1, 0.15) is 0 Å². The third-order valence-corrected chi connectivity index (χ3v) is 2.69. The summed E-state index contributed by atoms with van der Waals surface area (Å²) < 4.78 is 5.20. The molecule has 6 nitrogen and oxygen atoms in total. The van der Waals surface area contributed by atoms with E-state index in [1.807, 2.05) is 13.8 Å². The Hall–Kier alpha value is -2.08. The average molecular weight is 280 g/mol. The molecule has 0 saturated carbocycles. The van der Waals surface area contributed by atoms with Crippen LogP contribution in [-0.2, 0) is 4.74 Å². The number of aromatic carboxylic acids is 1. The lowest BCUT2D eigenvalue weighted by Crippen LogP contribution is -2.39. The Bertz CT molecular complexity index is 488. The van der Waals surface area contributed by atoms with Gasteiger partial charge in [-0.1, -0.05) is 12.1 Å². The van der Waals surface area contributed by atoms with Crippen molar-refractivity contribution in [3.05, 3.63) is 29.3 Å². The Morgan fingerprint density at radius 2 is 2.10 bits per heavy atom. The first-order chi connectivity index (χ1) is 9.45. The molecule has 0 heterocycles. The second kappa shape index (κ2) is 7.49. The summed E-state index contributed by atoms with van der Waals surface area (Å²) in [7, 11) is 0. The number of anilines is 1. The number of hydrogen-bond donors (Lipinski definition) is 3. The standard InChI is InChI=1S/C14H20N2O4/c1-4-20-8-10(3)15-14(19)16-12-9(2)6-5-7-11(12)13(17)18/h5-7,10H,4,8H2,1-3H3,(H,17,18)(H2,15,16,19). The normalized spacial score (nSPS) is 11.8. The van der Waals surface area contributed by atoms with E-state index in [0.29, 0.717) is 24.5 Å². The van der Waals surface area contributed by atoms with Crippen molar-refractivity contribution in [2.45, 2.75) is 26.8 Å². The minimum atomic E-state index is -1.08. The fourth-order valence-corrected chi connectivity index (χ4v) is 1.72. The topological polar surface area (TPSA) is 87.7 Å². The summed E-state index contributed by atoms with van der Waals surface area (Å²) in [6.45, 7) is 6.41. The van der Waals surface area contributed by atoms with E-state index in [1.54, 1.807) is 19.1 Å². The molecule has 20 heavy (non-hydrogen) atoms. The first-order valence-electron chi connectivity index (χ1n) is 6.43. The predicted molar refractivity (Wildman–Crippen MR) is 76.2 cm³/mol. The predicted octanol–water partition coefficient (Wildman–Crippen LogP) is 2.24. The quantitative estimate of drug-likeness (QED) is 0.745. The van der Waals surface area contributed by atoms with Gasteiger partial charge in [-0.25, -0.2) is 9.59 Å². The largest absolute Gasteiger partial charge is 0.478 e. The van der Waals surface area contributed by atoms with Crippen molar-refractivity contribution in [2.75, 3.05) is 18.5 Å². The van der Waals surface area contributed by atoms with Crippen LogP contribution in [0.1, 0.15) is 29.8 Å². The third kappa shape index (κ3) is 4.55. The number of carboxylic acid groups (broad SMARTS) is 1. The number of benzene rings is 1. The van der Waals surface area contributed by atoms with Crippen LogP contribution in [0.3, 0.4) is 0 Å². The van der Waals surface area contributed by atoms with Crippen molar-refractivity contribution in [1.82, 2.24) is 5.32 Å². The molecule has 1 aromatic carbocycles. The highest BCUT2D eigenvalue weighted by Crippen LogP contribution is 2.20. The molecule has 0 fully saturated rings. The van der Waals surface area contributed by atoms with Gasteiger partial charge in [0.05, 0.1) is 23.9 Å². The number of aryl methyl sites for hydroxylation is 1. The summed E-state index contributed by atoms with van der Waals surface area (Å²) in [6.07, 6.45) is 0. The molecule has 1 rings (SSSR count). The molecule has 0 aliphatic heterocycles. The number of ether oxygens (including phenoxy) is 1. The van der Waals surface area contributed by atoms with E-state index in [9.17, 15) is 9.59 Å². The summed E-state index contributed by atoms with van der Waals surface area (Å²) >= 11 is 0. The lowest BCUT2D eigenvalue weighted by atomic mass is 10.1. The minimum absolute atomic E-state index is 0.0672. The number of urea groups is 1. The van der Waals surface area contributed by atoms with Crippen LogP contribution in [-0.4, -0.2) is 36.4 Å². The number of nitrogens with one attached hydrogen (secondary N) is 2. The number of carbonyl (C=O) groups is 2. The van der Waals surface area contributed by atoms with Gasteiger partial charge in [0, 0.05) is 6.61 Å². The highest BCUT2D eigenvalue weighted by Gasteiger charge is 2.15. The number of carbonyl (C=O) groups excluding carboxylic acids is 1. The molecular weight excluding hydrogens is 260 g/mol. The van der Waals surface area contributed by atoms with E-state index in [0.717, 1.165) is 0 Å². The van der Waals surface area contributed by atoms with Gasteiger partial charge in [-0.2, -0.15) is 0 Å². The van der Waals surface area contributed by atoms with Crippen LogP contribution < -0.4 is 10.6 Å². The summed E-state index contributed by atoms with van der Waals surface area (Å²) in [5.41, 5.74) is 1.07. The number of rotatable bonds is 6. The summed E-state index contributed by atoms with van der Waals surface area (Å²) in [6, 6.07) is 4.22. The molecule has 1 unspecified atom stereocenters. The van der Waals surface area contributed by atoms with Crippen LogP contribution in [0.15, 0.2) is 18.2 Å². The van der Waals surface area contributed by atoms with Crippen molar-refractivity contribution in [1.29, 1.82) is 0 Å². The molecule has 1 atom stereocenters. The van der Waals surface area contributed by atoms with Crippen LogP contribution in [0, 0.1) is 6.92 Å². The zero-order valence-corrected chi connectivity index (χ0v) is 11.9. The fourth-order valence-electron chi connectivity index (χ4n) is 1.72. The zero-order valence-electron chi connectivity index (χ0n) is 11.9. The maximum Gasteiger partial charge on any atom is 0.337 e. The summed E-state index contributed by atoms with van der Waals surface area (Å²) in [5, 5.41) is 14.4. The molecule has 0 aliphatic rings. The molecule has 0 bridgehead atoms. The van der Waals surface area contributed by atoms with E-state index in [2.05, 4.69) is 10.6 Å². The number of amides is 2. The van der Waals surface area contributed by atoms with Gasteiger partial charge >= 0.3 is 12.0 Å². The van der Waals surface area contributed by atoms with Crippen LogP contribution in [0.4, 0.5) is 10.5 Å². The fraction of sp³-hybridized carbons (Fsp3) is 0.429. The Labute approximate surface area is 118 Å². The van der Waals surface area contributed by atoms with E-state index < -0.39 is 12.0 Å². The Kier molecular flexibility index (Phi) is 5.99. The average Bonchev–Trinajstić information content (AvgIpc) is 2.38. The van der Waals surface area contributed by atoms with Crippen LogP contribution in [0.2, 0.25) is 0 Å². The van der Waals surface area contributed by atoms with Crippen LogP contribution in [0.5, 0.6) is 0 Å². The molecule has 6 heteroatoms. The molecule has 110 valence electrons. The molecule has 0 saturated heterocycles. The Morgan fingerprint density at radius 1 is 1.40 bits per heavy atom. The van der Waals surface area contributed by atoms with Gasteiger partial charge in [0.15, 0.2) is 0 Å². The molecule has 0 aromatic heterocycles. The highest BCUT2D eigenvalue weighted by atomic mass is 16.5. The summed E-state index contributed by atoms with van der Waals surface area (Å²) in [4.78, 5) is 23.0. The monoisotopic (exact) mass is 280 g/mol. The molecule has 0 aliphatic carbocycles. The second-order valence-corrected chi connectivity index (χ2v) is 4.46. The van der Waals surface area contributed by atoms with Gasteiger partial charge in [-0.05, 0) is 32.4 Å². The summed E-state index contributed by atoms with van der Waals surface area (Å²) in [5.74, 6) is -1.08. The Morgan fingerprint density at radius 3 is 2.70 bits per heavy atom. The van der Waals surface area contributed by atoms with Gasteiger partial charge in [0.25, 0.3) is 0 Å². The molecule has 1 aromatic rings. The van der Waals surface area contributed by atoms with Crippen LogP contribution >= 0.6 is 0 Å². The van der Waals surface area contributed by atoms with Crippen molar-refractivity contribution in [3.63, 3.8) is 0 Å². The maximum absolute atomic E-state index is 11.8.